The number of nitrogens with zero attached hydrogens (tertiary/aromatic N) is 2. The molecule has 0 aromatic heterocycles. The molecule has 0 aliphatic heterocycles. The van der Waals surface area contributed by atoms with Crippen LogP contribution in [0.5, 0.6) is 5.75 Å². The van der Waals surface area contributed by atoms with Crippen molar-refractivity contribution in [1.29, 1.82) is 0 Å². The molecule has 0 heterocycles. The third-order valence-electron chi connectivity index (χ3n) is 2.62. The van der Waals surface area contributed by atoms with Crippen molar-refractivity contribution in [2.45, 2.75) is 13.8 Å². The Morgan fingerprint density at radius 3 is 2.29 bits per heavy atom. The minimum atomic E-state index is -0.417. The van der Waals surface area contributed by atoms with Crippen LogP contribution in [0.2, 0.25) is 0 Å². The summed E-state index contributed by atoms with van der Waals surface area (Å²) in [7, 11) is 0. The predicted octanol–water partition coefficient (Wildman–Crippen LogP) is 2.32. The first kappa shape index (κ1) is 13.4. The summed E-state index contributed by atoms with van der Waals surface area (Å²) in [4.78, 5) is 12.3. The Kier molecular flexibility index (Phi) is 5.42. The number of benzene rings is 1. The molecule has 5 heteroatoms. The van der Waals surface area contributed by atoms with Gasteiger partial charge in [0.05, 0.1) is 4.92 Å². The SMILES string of the molecule is CCN(CC)CCOc1ccc([N+](=O)[O-])cc1. The van der Waals surface area contributed by atoms with Crippen LogP contribution in [-0.2, 0) is 0 Å². The number of rotatable bonds is 7. The van der Waals surface area contributed by atoms with E-state index >= 15 is 0 Å². The van der Waals surface area contributed by atoms with Gasteiger partial charge in [0.2, 0.25) is 0 Å². The van der Waals surface area contributed by atoms with Gasteiger partial charge in [-0.25, -0.2) is 0 Å². The van der Waals surface area contributed by atoms with Crippen LogP contribution in [0.1, 0.15) is 13.8 Å². The van der Waals surface area contributed by atoms with E-state index in [-0.39, 0.29) is 5.69 Å². The Hall–Kier alpha value is -1.62. The van der Waals surface area contributed by atoms with Gasteiger partial charge in [-0.2, -0.15) is 0 Å². The maximum absolute atomic E-state index is 10.5. The molecule has 0 fully saturated rings. The summed E-state index contributed by atoms with van der Waals surface area (Å²) in [6.07, 6.45) is 0. The van der Waals surface area contributed by atoms with Gasteiger partial charge in [0, 0.05) is 18.7 Å². The molecule has 0 saturated carbocycles. The smallest absolute Gasteiger partial charge is 0.269 e. The zero-order chi connectivity index (χ0) is 12.7. The lowest BCUT2D eigenvalue weighted by Gasteiger charge is -2.17. The van der Waals surface area contributed by atoms with Crippen LogP contribution in [-0.4, -0.2) is 36.1 Å². The fraction of sp³-hybridized carbons (Fsp3) is 0.500. The molecule has 0 bridgehead atoms. The Labute approximate surface area is 101 Å². The van der Waals surface area contributed by atoms with Crippen LogP contribution in [0.3, 0.4) is 0 Å². The predicted molar refractivity (Wildman–Crippen MR) is 66.4 cm³/mol. The molecule has 0 aliphatic rings. The van der Waals surface area contributed by atoms with E-state index in [0.717, 1.165) is 19.6 Å². The number of nitro benzene ring substituents is 1. The normalized spacial score (nSPS) is 10.5. The molecule has 0 amide bonds. The van der Waals surface area contributed by atoms with E-state index < -0.39 is 4.92 Å². The molecule has 0 unspecified atom stereocenters. The summed E-state index contributed by atoms with van der Waals surface area (Å²) in [5.41, 5.74) is 0.0843. The molecule has 0 N–H and O–H groups in total. The minimum Gasteiger partial charge on any atom is -0.492 e. The van der Waals surface area contributed by atoms with Crippen LogP contribution in [0.15, 0.2) is 24.3 Å². The molecule has 17 heavy (non-hydrogen) atoms. The van der Waals surface area contributed by atoms with E-state index in [2.05, 4.69) is 18.7 Å². The average molecular weight is 238 g/mol. The first-order valence-corrected chi connectivity index (χ1v) is 5.77. The van der Waals surface area contributed by atoms with Crippen LogP contribution in [0.4, 0.5) is 5.69 Å². The number of nitro groups is 1. The second kappa shape index (κ2) is 6.85. The Balaban J connectivity index is 2.39. The standard InChI is InChI=1S/C12H18N2O3/c1-3-13(4-2)9-10-17-12-7-5-11(6-8-12)14(15)16/h5-8H,3-4,9-10H2,1-2H3. The summed E-state index contributed by atoms with van der Waals surface area (Å²) >= 11 is 0. The van der Waals surface area contributed by atoms with E-state index in [4.69, 9.17) is 4.74 Å². The van der Waals surface area contributed by atoms with Crippen molar-refractivity contribution in [1.82, 2.24) is 4.90 Å². The maximum atomic E-state index is 10.5. The second-order valence-corrected chi connectivity index (χ2v) is 3.63. The lowest BCUT2D eigenvalue weighted by atomic mass is 10.3. The van der Waals surface area contributed by atoms with Crippen molar-refractivity contribution < 1.29 is 9.66 Å². The summed E-state index contributed by atoms with van der Waals surface area (Å²) in [5.74, 6) is 0.669. The van der Waals surface area contributed by atoms with Crippen molar-refractivity contribution in [3.05, 3.63) is 34.4 Å². The van der Waals surface area contributed by atoms with Gasteiger partial charge in [-0.15, -0.1) is 0 Å². The highest BCUT2D eigenvalue weighted by atomic mass is 16.6. The molecule has 0 radical (unpaired) electrons. The first-order valence-electron chi connectivity index (χ1n) is 5.77. The van der Waals surface area contributed by atoms with Gasteiger partial charge in [-0.05, 0) is 25.2 Å². The summed E-state index contributed by atoms with van der Waals surface area (Å²) in [5, 5.41) is 10.5. The molecule has 1 rings (SSSR count). The van der Waals surface area contributed by atoms with Gasteiger partial charge in [0.25, 0.3) is 5.69 Å². The molecule has 0 aliphatic carbocycles. The third kappa shape index (κ3) is 4.40. The van der Waals surface area contributed by atoms with E-state index in [9.17, 15) is 10.1 Å². The van der Waals surface area contributed by atoms with Crippen molar-refractivity contribution in [2.75, 3.05) is 26.2 Å². The quantitative estimate of drug-likeness (QED) is 0.540. The van der Waals surface area contributed by atoms with Crippen molar-refractivity contribution in [3.8, 4) is 5.75 Å². The Bertz CT molecular complexity index is 347. The fourth-order valence-electron chi connectivity index (χ4n) is 1.50. The van der Waals surface area contributed by atoms with E-state index in [1.807, 2.05) is 0 Å². The lowest BCUT2D eigenvalue weighted by molar-refractivity contribution is -0.384. The lowest BCUT2D eigenvalue weighted by Crippen LogP contribution is -2.27. The van der Waals surface area contributed by atoms with Crippen LogP contribution >= 0.6 is 0 Å². The van der Waals surface area contributed by atoms with Crippen molar-refractivity contribution in [3.63, 3.8) is 0 Å². The van der Waals surface area contributed by atoms with Crippen molar-refractivity contribution in [2.24, 2.45) is 0 Å². The zero-order valence-electron chi connectivity index (χ0n) is 10.3. The molecule has 1 aromatic rings. The summed E-state index contributed by atoms with van der Waals surface area (Å²) in [6.45, 7) is 7.68. The molecule has 0 spiro atoms. The number of hydrogen-bond acceptors (Lipinski definition) is 4. The van der Waals surface area contributed by atoms with E-state index in [1.165, 1.54) is 12.1 Å². The van der Waals surface area contributed by atoms with Gasteiger partial charge in [0.1, 0.15) is 12.4 Å². The minimum absolute atomic E-state index is 0.0843. The molecule has 94 valence electrons. The third-order valence-corrected chi connectivity index (χ3v) is 2.62. The average Bonchev–Trinajstić information content (AvgIpc) is 2.35. The van der Waals surface area contributed by atoms with Gasteiger partial charge in [0.15, 0.2) is 0 Å². The number of hydrogen-bond donors (Lipinski definition) is 0. The molecule has 5 nitrogen and oxygen atoms in total. The zero-order valence-corrected chi connectivity index (χ0v) is 10.3. The molecule has 1 aromatic carbocycles. The van der Waals surface area contributed by atoms with Crippen molar-refractivity contribution >= 4 is 5.69 Å². The number of likely N-dealkylation sites (N-methyl/N-ethyl adjacent to an activating group) is 1. The molecule has 0 atom stereocenters. The number of non-ortho nitro benzene ring substituents is 1. The molecular formula is C12H18N2O3. The van der Waals surface area contributed by atoms with Gasteiger partial charge >= 0.3 is 0 Å². The highest BCUT2D eigenvalue weighted by Crippen LogP contribution is 2.17. The monoisotopic (exact) mass is 238 g/mol. The highest BCUT2D eigenvalue weighted by Gasteiger charge is 2.04. The maximum Gasteiger partial charge on any atom is 0.269 e. The van der Waals surface area contributed by atoms with E-state index in [0.29, 0.717) is 12.4 Å². The van der Waals surface area contributed by atoms with E-state index in [1.54, 1.807) is 12.1 Å². The van der Waals surface area contributed by atoms with Gasteiger partial charge < -0.3 is 9.64 Å². The highest BCUT2D eigenvalue weighted by molar-refractivity contribution is 5.35. The number of ether oxygens (including phenoxy) is 1. The topological polar surface area (TPSA) is 55.6 Å². The van der Waals surface area contributed by atoms with Gasteiger partial charge in [-0.1, -0.05) is 13.8 Å². The van der Waals surface area contributed by atoms with Gasteiger partial charge in [-0.3, -0.25) is 10.1 Å². The Morgan fingerprint density at radius 2 is 1.82 bits per heavy atom. The fourth-order valence-corrected chi connectivity index (χ4v) is 1.50. The van der Waals surface area contributed by atoms with Crippen LogP contribution < -0.4 is 4.74 Å². The van der Waals surface area contributed by atoms with Crippen LogP contribution in [0.25, 0.3) is 0 Å². The summed E-state index contributed by atoms with van der Waals surface area (Å²) < 4.78 is 5.51. The Morgan fingerprint density at radius 1 is 1.24 bits per heavy atom. The molecular weight excluding hydrogens is 220 g/mol. The largest absolute Gasteiger partial charge is 0.492 e. The summed E-state index contributed by atoms with van der Waals surface area (Å²) in [6, 6.07) is 6.15. The van der Waals surface area contributed by atoms with Crippen LogP contribution in [0, 0.1) is 10.1 Å². The second-order valence-electron chi connectivity index (χ2n) is 3.63. The first-order chi connectivity index (χ1) is 8.17. The molecule has 0 saturated heterocycles.